The van der Waals surface area contributed by atoms with Gasteiger partial charge in [0.15, 0.2) is 5.78 Å². The number of Topliss-reactive ketones (excluding diaryl/α,β-unsaturated/α-hetero) is 1. The summed E-state index contributed by atoms with van der Waals surface area (Å²) >= 11 is 0. The van der Waals surface area contributed by atoms with Crippen molar-refractivity contribution in [1.29, 1.82) is 0 Å². The van der Waals surface area contributed by atoms with Crippen LogP contribution in [0.25, 0.3) is 6.08 Å². The number of nitrogens with zero attached hydrogens (tertiary/aromatic N) is 1. The third-order valence-electron chi connectivity index (χ3n) is 3.87. The van der Waals surface area contributed by atoms with Crippen LogP contribution in [0.15, 0.2) is 36.4 Å². The van der Waals surface area contributed by atoms with E-state index in [4.69, 9.17) is 5.11 Å². The van der Waals surface area contributed by atoms with Gasteiger partial charge in [-0.2, -0.15) is 0 Å². The van der Waals surface area contributed by atoms with Gasteiger partial charge in [-0.05, 0) is 18.9 Å². The number of carbonyl (C=O) groups excluding carboxylic acids is 1. The van der Waals surface area contributed by atoms with Gasteiger partial charge in [-0.15, -0.1) is 0 Å². The summed E-state index contributed by atoms with van der Waals surface area (Å²) in [7, 11) is 0. The molecule has 0 spiro atoms. The lowest BCUT2D eigenvalue weighted by molar-refractivity contribution is -0.133. The second-order valence-corrected chi connectivity index (χ2v) is 5.21. The van der Waals surface area contributed by atoms with Gasteiger partial charge in [-0.1, -0.05) is 42.5 Å². The number of rotatable bonds is 3. The van der Waals surface area contributed by atoms with Crippen molar-refractivity contribution in [3.05, 3.63) is 42.0 Å². The topological polar surface area (TPSA) is 77.8 Å². The molecular weight excluding hydrogens is 270 g/mol. The average Bonchev–Trinajstić information content (AvgIpc) is 2.48. The maximum atomic E-state index is 12.2. The fraction of sp³-hybridized carbons (Fsp3) is 0.375. The number of aliphatic hydroxyl groups excluding tert-OH is 1. The van der Waals surface area contributed by atoms with Crippen LogP contribution >= 0.6 is 0 Å². The van der Waals surface area contributed by atoms with Crippen molar-refractivity contribution < 1.29 is 19.8 Å². The first kappa shape index (κ1) is 15.3. The van der Waals surface area contributed by atoms with E-state index in [0.717, 1.165) is 10.5 Å². The average molecular weight is 289 g/mol. The summed E-state index contributed by atoms with van der Waals surface area (Å²) in [6.07, 6.45) is 1.72. The Morgan fingerprint density at radius 3 is 2.67 bits per heavy atom. The maximum Gasteiger partial charge on any atom is 0.407 e. The van der Waals surface area contributed by atoms with Gasteiger partial charge >= 0.3 is 6.09 Å². The minimum atomic E-state index is -1.09. The van der Waals surface area contributed by atoms with Crippen LogP contribution in [-0.4, -0.2) is 45.7 Å². The molecule has 5 nitrogen and oxygen atoms in total. The molecule has 1 aliphatic heterocycles. The van der Waals surface area contributed by atoms with Crippen LogP contribution in [0.5, 0.6) is 0 Å². The second kappa shape index (κ2) is 6.54. The van der Waals surface area contributed by atoms with Crippen LogP contribution < -0.4 is 0 Å². The number of aliphatic hydroxyl groups is 1. The second-order valence-electron chi connectivity index (χ2n) is 5.21. The molecule has 0 bridgehead atoms. The van der Waals surface area contributed by atoms with Crippen molar-refractivity contribution in [3.63, 3.8) is 0 Å². The zero-order chi connectivity index (χ0) is 15.4. The zero-order valence-corrected chi connectivity index (χ0v) is 11.8. The molecule has 1 heterocycles. The van der Waals surface area contributed by atoms with E-state index < -0.39 is 24.2 Å². The Balaban J connectivity index is 2.03. The number of hydrogen-bond donors (Lipinski definition) is 2. The van der Waals surface area contributed by atoms with E-state index in [2.05, 4.69) is 0 Å². The molecule has 0 aliphatic carbocycles. The third kappa shape index (κ3) is 3.49. The lowest BCUT2D eigenvalue weighted by Crippen LogP contribution is -2.52. The molecular formula is C16H19NO4. The number of benzene rings is 1. The van der Waals surface area contributed by atoms with Crippen LogP contribution in [0, 0.1) is 5.92 Å². The van der Waals surface area contributed by atoms with Crippen molar-refractivity contribution >= 4 is 18.0 Å². The summed E-state index contributed by atoms with van der Waals surface area (Å²) in [6.45, 7) is 1.83. The lowest BCUT2D eigenvalue weighted by atomic mass is 9.85. The Bertz CT molecular complexity index is 540. The lowest BCUT2D eigenvalue weighted by Gasteiger charge is -2.35. The molecule has 5 heteroatoms. The predicted octanol–water partition coefficient (Wildman–Crippen LogP) is 2.02. The fourth-order valence-electron chi connectivity index (χ4n) is 2.59. The molecule has 3 unspecified atom stereocenters. The summed E-state index contributed by atoms with van der Waals surface area (Å²) in [5, 5.41) is 19.2. The van der Waals surface area contributed by atoms with Crippen LogP contribution in [-0.2, 0) is 4.79 Å². The number of hydrogen-bond acceptors (Lipinski definition) is 3. The van der Waals surface area contributed by atoms with Crippen molar-refractivity contribution in [1.82, 2.24) is 4.90 Å². The zero-order valence-electron chi connectivity index (χ0n) is 11.8. The summed E-state index contributed by atoms with van der Waals surface area (Å²) in [5.74, 6) is -0.774. The molecule has 1 aromatic carbocycles. The molecule has 1 aromatic rings. The summed E-state index contributed by atoms with van der Waals surface area (Å²) in [4.78, 5) is 24.3. The SMILES string of the molecule is CC1C(=O)C(C(O)C=Cc2ccccc2)CCN1C(=O)O. The predicted molar refractivity (Wildman–Crippen MR) is 78.8 cm³/mol. The van der Waals surface area contributed by atoms with Crippen molar-refractivity contribution in [2.45, 2.75) is 25.5 Å². The molecule has 2 rings (SSSR count). The normalized spacial score (nSPS) is 24.3. The molecule has 21 heavy (non-hydrogen) atoms. The van der Waals surface area contributed by atoms with E-state index in [1.54, 1.807) is 19.1 Å². The molecule has 1 saturated heterocycles. The van der Waals surface area contributed by atoms with Gasteiger partial charge in [-0.25, -0.2) is 4.79 Å². The number of carbonyl (C=O) groups is 2. The first-order chi connectivity index (χ1) is 10.0. The number of piperidine rings is 1. The highest BCUT2D eigenvalue weighted by Crippen LogP contribution is 2.23. The van der Waals surface area contributed by atoms with Crippen LogP contribution in [0.1, 0.15) is 18.9 Å². The molecule has 3 atom stereocenters. The summed E-state index contributed by atoms with van der Waals surface area (Å²) in [5.41, 5.74) is 0.944. The van der Waals surface area contributed by atoms with E-state index in [0.29, 0.717) is 6.42 Å². The van der Waals surface area contributed by atoms with Crippen molar-refractivity contribution in [3.8, 4) is 0 Å². The first-order valence-electron chi connectivity index (χ1n) is 6.95. The van der Waals surface area contributed by atoms with Crippen LogP contribution in [0.4, 0.5) is 4.79 Å². The fourth-order valence-corrected chi connectivity index (χ4v) is 2.59. The van der Waals surface area contributed by atoms with Gasteiger partial charge in [0.2, 0.25) is 0 Å². The molecule has 112 valence electrons. The van der Waals surface area contributed by atoms with Gasteiger partial charge in [0.05, 0.1) is 18.1 Å². The summed E-state index contributed by atoms with van der Waals surface area (Å²) in [6, 6.07) is 8.79. The molecule has 0 radical (unpaired) electrons. The number of carboxylic acid groups (broad SMARTS) is 1. The molecule has 1 aliphatic rings. The highest BCUT2D eigenvalue weighted by molar-refractivity contribution is 5.90. The minimum Gasteiger partial charge on any atom is -0.465 e. The highest BCUT2D eigenvalue weighted by Gasteiger charge is 2.38. The quantitative estimate of drug-likeness (QED) is 0.892. The Kier molecular flexibility index (Phi) is 4.75. The number of likely N-dealkylation sites (tertiary alicyclic amines) is 1. The Labute approximate surface area is 123 Å². The number of ketones is 1. The third-order valence-corrected chi connectivity index (χ3v) is 3.87. The number of amides is 1. The molecule has 2 N–H and O–H groups in total. The van der Waals surface area contributed by atoms with E-state index >= 15 is 0 Å². The van der Waals surface area contributed by atoms with E-state index in [-0.39, 0.29) is 12.3 Å². The van der Waals surface area contributed by atoms with Crippen molar-refractivity contribution in [2.24, 2.45) is 5.92 Å². The Morgan fingerprint density at radius 2 is 2.05 bits per heavy atom. The van der Waals surface area contributed by atoms with Crippen molar-refractivity contribution in [2.75, 3.05) is 6.54 Å². The van der Waals surface area contributed by atoms with Gasteiger partial charge in [0.25, 0.3) is 0 Å². The van der Waals surface area contributed by atoms with E-state index in [9.17, 15) is 14.7 Å². The smallest absolute Gasteiger partial charge is 0.407 e. The molecule has 1 fully saturated rings. The molecule has 1 amide bonds. The van der Waals surface area contributed by atoms with Gasteiger partial charge in [0, 0.05) is 6.54 Å². The monoisotopic (exact) mass is 289 g/mol. The minimum absolute atomic E-state index is 0.228. The van der Waals surface area contributed by atoms with Gasteiger partial charge in [-0.3, -0.25) is 9.69 Å². The van der Waals surface area contributed by atoms with Gasteiger partial charge in [0.1, 0.15) is 0 Å². The maximum absolute atomic E-state index is 12.2. The highest BCUT2D eigenvalue weighted by atomic mass is 16.4. The van der Waals surface area contributed by atoms with E-state index in [1.165, 1.54) is 0 Å². The Hall–Kier alpha value is -2.14. The van der Waals surface area contributed by atoms with E-state index in [1.807, 2.05) is 30.3 Å². The molecule has 0 aromatic heterocycles. The van der Waals surface area contributed by atoms with Gasteiger partial charge < -0.3 is 10.2 Å². The Morgan fingerprint density at radius 1 is 1.38 bits per heavy atom. The van der Waals surface area contributed by atoms with Crippen LogP contribution in [0.3, 0.4) is 0 Å². The summed E-state index contributed by atoms with van der Waals surface area (Å²) < 4.78 is 0. The van der Waals surface area contributed by atoms with Crippen LogP contribution in [0.2, 0.25) is 0 Å². The standard InChI is InChI=1S/C16H19NO4/c1-11-15(19)13(9-10-17(11)16(20)21)14(18)8-7-12-5-3-2-4-6-12/h2-8,11,13-14,18H,9-10H2,1H3,(H,20,21). The molecule has 0 saturated carbocycles. The first-order valence-corrected chi connectivity index (χ1v) is 6.95. The largest absolute Gasteiger partial charge is 0.465 e.